The normalized spacial score (nSPS) is 17.4. The number of aromatic amines is 2. The van der Waals surface area contributed by atoms with Crippen molar-refractivity contribution in [2.75, 3.05) is 44.8 Å². The second-order valence-corrected chi connectivity index (χ2v) is 9.60. The fourth-order valence-corrected chi connectivity index (χ4v) is 4.45. The van der Waals surface area contributed by atoms with E-state index in [1.807, 2.05) is 24.3 Å². The van der Waals surface area contributed by atoms with E-state index in [2.05, 4.69) is 25.3 Å². The van der Waals surface area contributed by atoms with E-state index in [1.165, 1.54) is 0 Å². The highest BCUT2D eigenvalue weighted by molar-refractivity contribution is 6.34. The zero-order chi connectivity index (χ0) is 26.1. The van der Waals surface area contributed by atoms with Crippen molar-refractivity contribution >= 4 is 34.8 Å². The summed E-state index contributed by atoms with van der Waals surface area (Å²) < 4.78 is 13.0. The SMILES string of the molecule is O=c1[nH]c(O)c(/C=c2\cnn3c(=NC4CC4)cc(Nc4cccc(OCCN5CCOCC5)c4Cl)nc23)[nH]1. The third-order valence-corrected chi connectivity index (χ3v) is 6.76. The number of fused-ring (bicyclic) bond motifs is 1. The van der Waals surface area contributed by atoms with Crippen LogP contribution in [0.1, 0.15) is 18.5 Å². The zero-order valence-electron chi connectivity index (χ0n) is 20.5. The fourth-order valence-electron chi connectivity index (χ4n) is 4.23. The first-order valence-corrected chi connectivity index (χ1v) is 12.9. The first-order valence-electron chi connectivity index (χ1n) is 12.5. The monoisotopic (exact) mass is 538 g/mol. The molecule has 1 saturated heterocycles. The molecule has 2 aliphatic rings. The molecule has 38 heavy (non-hydrogen) atoms. The molecule has 0 bridgehead atoms. The maximum absolute atomic E-state index is 11.6. The summed E-state index contributed by atoms with van der Waals surface area (Å²) in [6, 6.07) is 7.63. The molecule has 0 unspecified atom stereocenters. The highest BCUT2D eigenvalue weighted by Crippen LogP contribution is 2.33. The lowest BCUT2D eigenvalue weighted by Crippen LogP contribution is -2.38. The van der Waals surface area contributed by atoms with E-state index in [9.17, 15) is 9.90 Å². The number of H-pyrrole nitrogens is 2. The lowest BCUT2D eigenvalue weighted by molar-refractivity contribution is 0.0322. The van der Waals surface area contributed by atoms with Crippen LogP contribution in [0.3, 0.4) is 0 Å². The number of nitrogens with one attached hydrogen (secondary N) is 3. The van der Waals surface area contributed by atoms with Gasteiger partial charge in [-0.15, -0.1) is 0 Å². The standard InChI is InChI=1S/C25H27ClN8O4/c26-22-17(2-1-3-19(22)38-11-8-33-6-9-37-10-7-33)29-20-13-21(28-16-4-5-16)34-23(31-20)15(14-27-34)12-18-24(35)32-25(36)30-18/h1-3,12-14,16,29,35H,4-11H2,(H2,30,32,36)/b15-12+,28-21?. The van der Waals surface area contributed by atoms with Crippen LogP contribution in [0, 0.1) is 0 Å². The minimum Gasteiger partial charge on any atom is -0.493 e. The Labute approximate surface area is 221 Å². The number of morpholine rings is 1. The van der Waals surface area contributed by atoms with Crippen molar-refractivity contribution in [1.29, 1.82) is 0 Å². The fraction of sp³-hybridized carbons (Fsp3) is 0.360. The number of hydrogen-bond donors (Lipinski definition) is 4. The van der Waals surface area contributed by atoms with Gasteiger partial charge in [0.05, 0.1) is 31.1 Å². The number of aromatic hydroxyl groups is 1. The smallest absolute Gasteiger partial charge is 0.326 e. The Kier molecular flexibility index (Phi) is 6.75. The third kappa shape index (κ3) is 5.37. The molecule has 6 rings (SSSR count). The molecule has 0 radical (unpaired) electrons. The van der Waals surface area contributed by atoms with Crippen molar-refractivity contribution in [1.82, 2.24) is 29.5 Å². The average Bonchev–Trinajstić information content (AvgIpc) is 3.55. The van der Waals surface area contributed by atoms with Gasteiger partial charge >= 0.3 is 5.69 Å². The van der Waals surface area contributed by atoms with Gasteiger partial charge in [-0.1, -0.05) is 17.7 Å². The lowest BCUT2D eigenvalue weighted by atomic mass is 10.3. The maximum atomic E-state index is 11.6. The Balaban J connectivity index is 1.30. The lowest BCUT2D eigenvalue weighted by Gasteiger charge is -2.26. The highest BCUT2D eigenvalue weighted by atomic mass is 35.5. The van der Waals surface area contributed by atoms with E-state index in [-0.39, 0.29) is 17.6 Å². The van der Waals surface area contributed by atoms with Gasteiger partial charge in [-0.3, -0.25) is 14.9 Å². The summed E-state index contributed by atoms with van der Waals surface area (Å²) in [7, 11) is 0. The van der Waals surface area contributed by atoms with Crippen LogP contribution in [0.4, 0.5) is 11.5 Å². The predicted octanol–water partition coefficient (Wildman–Crippen LogP) is 1.17. The van der Waals surface area contributed by atoms with Crippen LogP contribution in [0.5, 0.6) is 11.6 Å². The molecular weight excluding hydrogens is 512 g/mol. The molecule has 1 aliphatic carbocycles. The van der Waals surface area contributed by atoms with E-state index < -0.39 is 5.69 Å². The number of aromatic nitrogens is 5. The van der Waals surface area contributed by atoms with Gasteiger partial charge in [0.25, 0.3) is 0 Å². The van der Waals surface area contributed by atoms with Crippen LogP contribution in [0.25, 0.3) is 11.7 Å². The number of nitrogens with zero attached hydrogens (tertiary/aromatic N) is 5. The molecule has 1 aliphatic heterocycles. The second kappa shape index (κ2) is 10.5. The summed E-state index contributed by atoms with van der Waals surface area (Å²) in [5, 5.41) is 18.8. The van der Waals surface area contributed by atoms with E-state index in [1.54, 1.807) is 16.8 Å². The summed E-state index contributed by atoms with van der Waals surface area (Å²) in [6.07, 6.45) is 5.27. The van der Waals surface area contributed by atoms with Gasteiger partial charge in [0, 0.05) is 30.9 Å². The number of anilines is 2. The van der Waals surface area contributed by atoms with Crippen LogP contribution in [-0.4, -0.2) is 80.1 Å². The van der Waals surface area contributed by atoms with E-state index >= 15 is 0 Å². The predicted molar refractivity (Wildman–Crippen MR) is 141 cm³/mol. The molecule has 0 amide bonds. The molecule has 1 saturated carbocycles. The average molecular weight is 539 g/mol. The molecule has 12 nitrogen and oxygen atoms in total. The minimum atomic E-state index is -0.508. The first-order chi connectivity index (χ1) is 18.5. The summed E-state index contributed by atoms with van der Waals surface area (Å²) in [5.41, 5.74) is 1.51. The van der Waals surface area contributed by atoms with Crippen LogP contribution in [-0.2, 0) is 4.74 Å². The van der Waals surface area contributed by atoms with Gasteiger partial charge in [-0.2, -0.15) is 9.61 Å². The molecule has 3 aromatic heterocycles. The quantitative estimate of drug-likeness (QED) is 0.261. The van der Waals surface area contributed by atoms with Gasteiger partial charge in [0.15, 0.2) is 11.1 Å². The van der Waals surface area contributed by atoms with E-state index in [0.29, 0.717) is 45.2 Å². The molecule has 198 valence electrons. The number of hydrogen-bond acceptors (Lipinski definition) is 9. The summed E-state index contributed by atoms with van der Waals surface area (Å²) in [5.74, 6) is 0.842. The number of halogens is 1. The Morgan fingerprint density at radius 1 is 1.29 bits per heavy atom. The third-order valence-electron chi connectivity index (χ3n) is 6.37. The van der Waals surface area contributed by atoms with Gasteiger partial charge in [-0.05, 0) is 31.1 Å². The van der Waals surface area contributed by atoms with Crippen molar-refractivity contribution in [2.24, 2.45) is 4.99 Å². The molecule has 4 N–H and O–H groups in total. The van der Waals surface area contributed by atoms with E-state index in [0.717, 1.165) is 45.7 Å². The van der Waals surface area contributed by atoms with Crippen LogP contribution in [0.15, 0.2) is 40.2 Å². The van der Waals surface area contributed by atoms with Gasteiger partial charge in [0.2, 0.25) is 5.88 Å². The topological polar surface area (TPSA) is 145 Å². The maximum Gasteiger partial charge on any atom is 0.326 e. The summed E-state index contributed by atoms with van der Waals surface area (Å²) in [4.78, 5) is 28.2. The summed E-state index contributed by atoms with van der Waals surface area (Å²) in [6.45, 7) is 4.59. The molecule has 1 aromatic carbocycles. The molecule has 0 atom stereocenters. The first kappa shape index (κ1) is 24.5. The van der Waals surface area contributed by atoms with Crippen molar-refractivity contribution < 1.29 is 14.6 Å². The molecule has 0 spiro atoms. The van der Waals surface area contributed by atoms with Crippen LogP contribution >= 0.6 is 11.6 Å². The van der Waals surface area contributed by atoms with Crippen molar-refractivity contribution in [3.63, 3.8) is 0 Å². The number of imidazole rings is 1. The van der Waals surface area contributed by atoms with E-state index in [4.69, 9.17) is 31.1 Å². The Morgan fingerprint density at radius 3 is 2.89 bits per heavy atom. The Morgan fingerprint density at radius 2 is 2.13 bits per heavy atom. The van der Waals surface area contributed by atoms with Gasteiger partial charge in [-0.25, -0.2) is 9.78 Å². The minimum absolute atomic E-state index is 0.232. The summed E-state index contributed by atoms with van der Waals surface area (Å²) >= 11 is 6.71. The molecule has 4 aromatic rings. The number of benzene rings is 1. The van der Waals surface area contributed by atoms with Gasteiger partial charge in [0.1, 0.15) is 28.9 Å². The Bertz CT molecular complexity index is 1640. The highest BCUT2D eigenvalue weighted by Gasteiger charge is 2.20. The number of rotatable bonds is 8. The largest absolute Gasteiger partial charge is 0.493 e. The second-order valence-electron chi connectivity index (χ2n) is 9.23. The van der Waals surface area contributed by atoms with Crippen molar-refractivity contribution in [2.45, 2.75) is 18.9 Å². The Hall–Kier alpha value is -3.87. The zero-order valence-corrected chi connectivity index (χ0v) is 21.2. The molecule has 4 heterocycles. The van der Waals surface area contributed by atoms with Crippen molar-refractivity contribution in [3.8, 4) is 11.6 Å². The van der Waals surface area contributed by atoms with Crippen LogP contribution < -0.4 is 26.4 Å². The number of ether oxygens (including phenoxy) is 2. The molecule has 2 fully saturated rings. The van der Waals surface area contributed by atoms with Crippen LogP contribution in [0.2, 0.25) is 5.02 Å². The van der Waals surface area contributed by atoms with Gasteiger partial charge < -0.3 is 24.9 Å². The molecular formula is C25H27ClN8O4. The molecule has 13 heteroatoms. The van der Waals surface area contributed by atoms with Crippen molar-refractivity contribution in [3.05, 3.63) is 62.4 Å².